The molecule has 0 saturated heterocycles. The molecule has 0 saturated carbocycles. The highest BCUT2D eigenvalue weighted by Crippen LogP contribution is 2.45. The molecule has 0 aliphatic heterocycles. The second-order valence-electron chi connectivity index (χ2n) is 17.3. The van der Waals surface area contributed by atoms with Crippen LogP contribution in [0, 0.1) is 6.92 Å². The van der Waals surface area contributed by atoms with Crippen LogP contribution in [0.4, 0.5) is 0 Å². The lowest BCUT2D eigenvalue weighted by atomic mass is 9.96. The van der Waals surface area contributed by atoms with Crippen LogP contribution in [0.25, 0.3) is 138 Å². The largest absolute Gasteiger partial charge is 0.456 e. The summed E-state index contributed by atoms with van der Waals surface area (Å²) in [4.78, 5) is 11.0. The smallest absolute Gasteiger partial charge is 0.160 e. The number of rotatable bonds is 5. The molecule has 5 heteroatoms. The van der Waals surface area contributed by atoms with E-state index in [1.54, 1.807) is 0 Å². The zero-order chi connectivity index (χ0) is 43.5. The molecule has 5 nitrogen and oxygen atoms in total. The Labute approximate surface area is 378 Å². The van der Waals surface area contributed by atoms with Crippen molar-refractivity contribution in [2.45, 2.75) is 6.92 Å². The first kappa shape index (κ1) is 36.7. The molecule has 4 aromatic heterocycles. The Bertz CT molecular complexity index is 4290. The van der Waals surface area contributed by atoms with Crippen molar-refractivity contribution < 1.29 is 8.83 Å². The second-order valence-corrected chi connectivity index (χ2v) is 17.3. The van der Waals surface area contributed by atoms with Crippen LogP contribution in [0.2, 0.25) is 0 Å². The lowest BCUT2D eigenvalue weighted by Crippen LogP contribution is -2.02. The van der Waals surface area contributed by atoms with E-state index < -0.39 is 0 Å². The summed E-state index contributed by atoms with van der Waals surface area (Å²) in [6.07, 6.45) is 0. The molecule has 4 heterocycles. The molecule has 308 valence electrons. The van der Waals surface area contributed by atoms with E-state index in [1.165, 1.54) is 21.5 Å². The van der Waals surface area contributed by atoms with Crippen molar-refractivity contribution in [3.05, 3.63) is 212 Å². The van der Waals surface area contributed by atoms with Gasteiger partial charge in [0.15, 0.2) is 11.4 Å². The lowest BCUT2D eigenvalue weighted by molar-refractivity contribution is 0.666. The summed E-state index contributed by atoms with van der Waals surface area (Å²) in [5.41, 5.74) is 14.3. The minimum Gasteiger partial charge on any atom is -0.456 e. The van der Waals surface area contributed by atoms with E-state index in [4.69, 9.17) is 18.8 Å². The number of hydrogen-bond acceptors (Lipinski definition) is 4. The van der Waals surface area contributed by atoms with E-state index >= 15 is 0 Å². The summed E-state index contributed by atoms with van der Waals surface area (Å²) in [6, 6.07) is 73.1. The molecule has 0 N–H and O–H groups in total. The van der Waals surface area contributed by atoms with Gasteiger partial charge >= 0.3 is 0 Å². The molecular formula is C61H37N3O2. The van der Waals surface area contributed by atoms with E-state index in [2.05, 4.69) is 200 Å². The van der Waals surface area contributed by atoms with Gasteiger partial charge in [-0.05, 0) is 94.2 Å². The molecule has 0 amide bonds. The topological polar surface area (TPSA) is 57.0 Å². The molecule has 14 aromatic rings. The second kappa shape index (κ2) is 14.1. The molecule has 0 bridgehead atoms. The minimum absolute atomic E-state index is 0.641. The summed E-state index contributed by atoms with van der Waals surface area (Å²) in [5.74, 6) is 0.641. The number of para-hydroxylation sites is 2. The molecule has 66 heavy (non-hydrogen) atoms. The van der Waals surface area contributed by atoms with Crippen molar-refractivity contribution in [1.29, 1.82) is 0 Å². The average Bonchev–Trinajstić information content (AvgIpc) is 4.05. The fourth-order valence-corrected chi connectivity index (χ4v) is 10.4. The maximum Gasteiger partial charge on any atom is 0.160 e. The highest BCUT2D eigenvalue weighted by atomic mass is 16.3. The van der Waals surface area contributed by atoms with Gasteiger partial charge in [-0.1, -0.05) is 152 Å². The fraction of sp³-hybridized carbons (Fsp3) is 0.0164. The summed E-state index contributed by atoms with van der Waals surface area (Å²) in [6.45, 7) is 2.15. The van der Waals surface area contributed by atoms with Gasteiger partial charge in [0.05, 0.1) is 28.1 Å². The standard InChI is InChI=1S/C61H37N3O2/c1-36-58(43-27-29-48-47-20-10-12-22-54(47)65-56(48)35-43)62-61(40-25-23-38(24-26-40)37-13-3-2-4-14-37)63-59(36)44-32-50-57-45-18-8-7-15-39(45)28-30-55(57)66-60(50)53(34-44)64-51-21-11-9-19-46(51)49-31-41-16-5-6-17-42(41)33-52(49)64/h2-35H,1H3. The monoisotopic (exact) mass is 843 g/mol. The molecule has 0 spiro atoms. The predicted octanol–water partition coefficient (Wildman–Crippen LogP) is 16.7. The van der Waals surface area contributed by atoms with Gasteiger partial charge < -0.3 is 13.4 Å². The molecular weight excluding hydrogens is 807 g/mol. The zero-order valence-corrected chi connectivity index (χ0v) is 35.8. The Balaban J connectivity index is 1.08. The van der Waals surface area contributed by atoms with Gasteiger partial charge in [0.2, 0.25) is 0 Å². The van der Waals surface area contributed by atoms with Crippen molar-refractivity contribution in [1.82, 2.24) is 14.5 Å². The molecule has 0 aliphatic carbocycles. The van der Waals surface area contributed by atoms with Crippen molar-refractivity contribution in [3.8, 4) is 50.7 Å². The number of aromatic nitrogens is 3. The first-order valence-corrected chi connectivity index (χ1v) is 22.4. The van der Waals surface area contributed by atoms with Crippen LogP contribution < -0.4 is 0 Å². The molecule has 0 fully saturated rings. The van der Waals surface area contributed by atoms with Crippen LogP contribution in [0.15, 0.2) is 215 Å². The fourth-order valence-electron chi connectivity index (χ4n) is 10.4. The Morgan fingerprint density at radius 1 is 0.364 bits per heavy atom. The van der Waals surface area contributed by atoms with Crippen molar-refractivity contribution >= 4 is 87.2 Å². The Hall–Kier alpha value is -8.80. The van der Waals surface area contributed by atoms with E-state index in [0.29, 0.717) is 5.82 Å². The highest BCUT2D eigenvalue weighted by Gasteiger charge is 2.24. The van der Waals surface area contributed by atoms with Gasteiger partial charge in [0.25, 0.3) is 0 Å². The lowest BCUT2D eigenvalue weighted by Gasteiger charge is -2.16. The van der Waals surface area contributed by atoms with Gasteiger partial charge in [-0.2, -0.15) is 0 Å². The number of fused-ring (bicyclic) bond motifs is 12. The Morgan fingerprint density at radius 2 is 1.00 bits per heavy atom. The zero-order valence-electron chi connectivity index (χ0n) is 35.8. The van der Waals surface area contributed by atoms with Gasteiger partial charge in [-0.15, -0.1) is 0 Å². The first-order chi connectivity index (χ1) is 32.6. The van der Waals surface area contributed by atoms with Gasteiger partial charge in [0.1, 0.15) is 16.7 Å². The summed E-state index contributed by atoms with van der Waals surface area (Å²) in [5, 5.41) is 11.3. The third-order valence-electron chi connectivity index (χ3n) is 13.5. The first-order valence-electron chi connectivity index (χ1n) is 22.4. The van der Waals surface area contributed by atoms with Crippen LogP contribution in [0.3, 0.4) is 0 Å². The third-order valence-corrected chi connectivity index (χ3v) is 13.5. The van der Waals surface area contributed by atoms with E-state index in [0.717, 1.165) is 116 Å². The van der Waals surface area contributed by atoms with Crippen molar-refractivity contribution in [2.24, 2.45) is 0 Å². The maximum absolute atomic E-state index is 7.06. The molecule has 0 unspecified atom stereocenters. The Kier molecular flexibility index (Phi) is 7.83. The number of furan rings is 2. The highest BCUT2D eigenvalue weighted by molar-refractivity contribution is 6.22. The summed E-state index contributed by atoms with van der Waals surface area (Å²) in [7, 11) is 0. The third kappa shape index (κ3) is 5.53. The molecule has 0 radical (unpaired) electrons. The Morgan fingerprint density at radius 3 is 1.83 bits per heavy atom. The molecule has 10 aromatic carbocycles. The summed E-state index contributed by atoms with van der Waals surface area (Å²) < 4.78 is 15.9. The van der Waals surface area contributed by atoms with Crippen LogP contribution in [0.5, 0.6) is 0 Å². The summed E-state index contributed by atoms with van der Waals surface area (Å²) >= 11 is 0. The van der Waals surface area contributed by atoms with Gasteiger partial charge in [0, 0.05) is 54.6 Å². The minimum atomic E-state index is 0.641. The number of hydrogen-bond donors (Lipinski definition) is 0. The van der Waals surface area contributed by atoms with Crippen LogP contribution >= 0.6 is 0 Å². The molecule has 0 aliphatic rings. The van der Waals surface area contributed by atoms with E-state index in [9.17, 15) is 0 Å². The van der Waals surface area contributed by atoms with Gasteiger partial charge in [-0.3, -0.25) is 0 Å². The normalized spacial score (nSPS) is 12.0. The molecule has 0 atom stereocenters. The molecule has 14 rings (SSSR count). The van der Waals surface area contributed by atoms with Crippen LogP contribution in [0.1, 0.15) is 5.56 Å². The number of benzene rings is 10. The average molecular weight is 844 g/mol. The quantitative estimate of drug-likeness (QED) is 0.173. The van der Waals surface area contributed by atoms with Gasteiger partial charge in [-0.25, -0.2) is 9.97 Å². The van der Waals surface area contributed by atoms with Crippen LogP contribution in [-0.4, -0.2) is 14.5 Å². The van der Waals surface area contributed by atoms with E-state index in [-0.39, 0.29) is 0 Å². The van der Waals surface area contributed by atoms with E-state index in [1.807, 2.05) is 18.2 Å². The van der Waals surface area contributed by atoms with Crippen LogP contribution in [-0.2, 0) is 0 Å². The van der Waals surface area contributed by atoms with Crippen molar-refractivity contribution in [2.75, 3.05) is 0 Å². The van der Waals surface area contributed by atoms with Crippen molar-refractivity contribution in [3.63, 3.8) is 0 Å². The SMILES string of the molecule is Cc1c(-c2ccc3c(c2)oc2ccccc23)nc(-c2ccc(-c3ccccc3)cc2)nc1-c1cc(-n2c3ccccc3c3cc4ccccc4cc32)c2oc3ccc4ccccc4c3c2c1. The maximum atomic E-state index is 7.06. The predicted molar refractivity (Wildman–Crippen MR) is 272 cm³/mol. The number of nitrogens with zero attached hydrogens (tertiary/aromatic N) is 3.